The molecular formula is C18H15ClN4O2. The van der Waals surface area contributed by atoms with Crippen LogP contribution in [0.25, 0.3) is 0 Å². The standard InChI is InChI=1S/C18H15ClN4O2/c1-12-16(18(25)23(22-12)15-5-3-2-4-6-15)11-20-21-17(24)13-7-9-14(19)10-8-13/h2-11,16H,1H3,(H,21,24)/b20-11-/t16-/m0/s1. The number of hydrazone groups is 2. The lowest BCUT2D eigenvalue weighted by molar-refractivity contribution is -0.118. The van der Waals surface area contributed by atoms with Gasteiger partial charge in [0.05, 0.1) is 11.4 Å². The molecule has 6 nitrogen and oxygen atoms in total. The maximum absolute atomic E-state index is 12.5. The van der Waals surface area contributed by atoms with Crippen molar-refractivity contribution in [2.24, 2.45) is 16.1 Å². The number of para-hydroxylation sites is 1. The molecule has 0 aliphatic carbocycles. The molecule has 1 atom stereocenters. The van der Waals surface area contributed by atoms with E-state index in [0.717, 1.165) is 0 Å². The van der Waals surface area contributed by atoms with E-state index in [4.69, 9.17) is 11.6 Å². The fraction of sp³-hybridized carbons (Fsp3) is 0.111. The van der Waals surface area contributed by atoms with E-state index in [1.807, 2.05) is 18.2 Å². The van der Waals surface area contributed by atoms with Gasteiger partial charge >= 0.3 is 0 Å². The molecule has 3 rings (SSSR count). The number of carbonyl (C=O) groups excluding carboxylic acids is 2. The highest BCUT2D eigenvalue weighted by Gasteiger charge is 2.33. The van der Waals surface area contributed by atoms with E-state index in [9.17, 15) is 9.59 Å². The minimum Gasteiger partial charge on any atom is -0.271 e. The molecule has 2 aromatic rings. The van der Waals surface area contributed by atoms with Crippen LogP contribution in [0.4, 0.5) is 5.69 Å². The van der Waals surface area contributed by atoms with E-state index in [1.165, 1.54) is 11.2 Å². The lowest BCUT2D eigenvalue weighted by atomic mass is 10.1. The van der Waals surface area contributed by atoms with Gasteiger partial charge in [0.1, 0.15) is 5.92 Å². The highest BCUT2D eigenvalue weighted by atomic mass is 35.5. The fourth-order valence-corrected chi connectivity index (χ4v) is 2.47. The number of rotatable bonds is 4. The van der Waals surface area contributed by atoms with Gasteiger partial charge in [-0.05, 0) is 43.3 Å². The Morgan fingerprint density at radius 2 is 1.88 bits per heavy atom. The van der Waals surface area contributed by atoms with Gasteiger partial charge in [-0.1, -0.05) is 29.8 Å². The summed E-state index contributed by atoms with van der Waals surface area (Å²) in [4.78, 5) is 24.5. The number of hydrogen-bond donors (Lipinski definition) is 1. The Morgan fingerprint density at radius 1 is 1.20 bits per heavy atom. The van der Waals surface area contributed by atoms with Crippen molar-refractivity contribution in [3.05, 3.63) is 65.2 Å². The van der Waals surface area contributed by atoms with Crippen molar-refractivity contribution < 1.29 is 9.59 Å². The molecule has 1 aliphatic heterocycles. The van der Waals surface area contributed by atoms with Gasteiger partial charge in [-0.25, -0.2) is 5.43 Å². The molecule has 0 saturated carbocycles. The number of amides is 2. The summed E-state index contributed by atoms with van der Waals surface area (Å²) in [5.41, 5.74) is 4.13. The second-order valence-corrected chi connectivity index (χ2v) is 5.87. The van der Waals surface area contributed by atoms with Gasteiger partial charge in [-0.2, -0.15) is 15.2 Å². The van der Waals surface area contributed by atoms with Gasteiger partial charge in [0, 0.05) is 16.8 Å². The molecule has 7 heteroatoms. The molecule has 1 aliphatic rings. The normalized spacial score (nSPS) is 17.0. The first kappa shape index (κ1) is 16.9. The summed E-state index contributed by atoms with van der Waals surface area (Å²) in [7, 11) is 0. The third-order valence-electron chi connectivity index (χ3n) is 3.68. The molecule has 1 heterocycles. The molecule has 0 fully saturated rings. The first-order chi connectivity index (χ1) is 12.1. The van der Waals surface area contributed by atoms with Crippen LogP contribution >= 0.6 is 11.6 Å². The smallest absolute Gasteiger partial charge is 0.271 e. The summed E-state index contributed by atoms with van der Waals surface area (Å²) in [6.07, 6.45) is 1.39. The quantitative estimate of drug-likeness (QED) is 0.676. The number of hydrogen-bond acceptors (Lipinski definition) is 4. The molecule has 0 unspecified atom stereocenters. The minimum atomic E-state index is -0.606. The third-order valence-corrected chi connectivity index (χ3v) is 3.93. The topological polar surface area (TPSA) is 74.1 Å². The van der Waals surface area contributed by atoms with Crippen LogP contribution in [0.3, 0.4) is 0 Å². The molecule has 126 valence electrons. The van der Waals surface area contributed by atoms with E-state index in [0.29, 0.717) is 22.0 Å². The average Bonchev–Trinajstić information content (AvgIpc) is 2.91. The maximum Gasteiger partial charge on any atom is 0.271 e. The summed E-state index contributed by atoms with van der Waals surface area (Å²) >= 11 is 5.79. The zero-order chi connectivity index (χ0) is 17.8. The summed E-state index contributed by atoms with van der Waals surface area (Å²) in [6, 6.07) is 15.6. The zero-order valence-corrected chi connectivity index (χ0v) is 14.1. The van der Waals surface area contributed by atoms with Crippen LogP contribution in [-0.2, 0) is 4.79 Å². The van der Waals surface area contributed by atoms with Crippen molar-refractivity contribution >= 4 is 41.0 Å². The van der Waals surface area contributed by atoms with Gasteiger partial charge in [0.15, 0.2) is 0 Å². The van der Waals surface area contributed by atoms with Crippen molar-refractivity contribution in [1.29, 1.82) is 0 Å². The van der Waals surface area contributed by atoms with Gasteiger partial charge in [-0.3, -0.25) is 9.59 Å². The lowest BCUT2D eigenvalue weighted by Gasteiger charge is -2.12. The molecular weight excluding hydrogens is 340 g/mol. The lowest BCUT2D eigenvalue weighted by Crippen LogP contribution is -2.29. The van der Waals surface area contributed by atoms with Crippen LogP contribution in [0, 0.1) is 5.92 Å². The van der Waals surface area contributed by atoms with Crippen molar-refractivity contribution in [3.8, 4) is 0 Å². The number of benzene rings is 2. The van der Waals surface area contributed by atoms with Gasteiger partial charge in [0.25, 0.3) is 11.8 Å². The number of nitrogens with one attached hydrogen (secondary N) is 1. The Kier molecular flexibility index (Phi) is 4.90. The van der Waals surface area contributed by atoms with Crippen LogP contribution in [0.2, 0.25) is 5.02 Å². The van der Waals surface area contributed by atoms with Gasteiger partial charge in [0.2, 0.25) is 0 Å². The fourth-order valence-electron chi connectivity index (χ4n) is 2.34. The predicted octanol–water partition coefficient (Wildman–Crippen LogP) is 3.09. The SMILES string of the molecule is CC1=NN(c2ccccc2)C(=O)[C@H]1/C=N\NC(=O)c1ccc(Cl)cc1. The number of nitrogens with zero attached hydrogens (tertiary/aromatic N) is 3. The summed E-state index contributed by atoms with van der Waals surface area (Å²) in [5.74, 6) is -1.20. The number of halogens is 1. The molecule has 2 aromatic carbocycles. The van der Waals surface area contributed by atoms with Crippen LogP contribution < -0.4 is 10.4 Å². The second-order valence-electron chi connectivity index (χ2n) is 5.43. The molecule has 25 heavy (non-hydrogen) atoms. The van der Waals surface area contributed by atoms with E-state index >= 15 is 0 Å². The minimum absolute atomic E-state index is 0.215. The molecule has 0 spiro atoms. The Balaban J connectivity index is 1.66. The molecule has 0 aromatic heterocycles. The number of carbonyl (C=O) groups is 2. The van der Waals surface area contributed by atoms with Crippen molar-refractivity contribution in [2.75, 3.05) is 5.01 Å². The van der Waals surface area contributed by atoms with E-state index < -0.39 is 5.92 Å². The molecule has 0 saturated heterocycles. The van der Waals surface area contributed by atoms with Gasteiger partial charge < -0.3 is 0 Å². The van der Waals surface area contributed by atoms with Crippen LogP contribution in [0.1, 0.15) is 17.3 Å². The highest BCUT2D eigenvalue weighted by Crippen LogP contribution is 2.22. The first-order valence-electron chi connectivity index (χ1n) is 7.59. The Morgan fingerprint density at radius 3 is 2.56 bits per heavy atom. The van der Waals surface area contributed by atoms with Crippen molar-refractivity contribution in [1.82, 2.24) is 5.43 Å². The largest absolute Gasteiger partial charge is 0.271 e. The summed E-state index contributed by atoms with van der Waals surface area (Å²) < 4.78 is 0. The molecule has 1 N–H and O–H groups in total. The Bertz CT molecular complexity index is 847. The van der Waals surface area contributed by atoms with E-state index in [2.05, 4.69) is 15.6 Å². The second kappa shape index (κ2) is 7.27. The maximum atomic E-state index is 12.5. The van der Waals surface area contributed by atoms with Crippen molar-refractivity contribution in [2.45, 2.75) is 6.92 Å². The summed E-state index contributed by atoms with van der Waals surface area (Å²) in [5, 5.41) is 10.0. The van der Waals surface area contributed by atoms with Crippen LogP contribution in [0.5, 0.6) is 0 Å². The third kappa shape index (κ3) is 3.75. The zero-order valence-electron chi connectivity index (χ0n) is 13.4. The molecule has 0 bridgehead atoms. The summed E-state index contributed by atoms with van der Waals surface area (Å²) in [6.45, 7) is 1.75. The first-order valence-corrected chi connectivity index (χ1v) is 7.97. The van der Waals surface area contributed by atoms with Gasteiger partial charge in [-0.15, -0.1) is 0 Å². The average molecular weight is 355 g/mol. The predicted molar refractivity (Wildman–Crippen MR) is 97.9 cm³/mol. The highest BCUT2D eigenvalue weighted by molar-refractivity contribution is 6.30. The van der Waals surface area contributed by atoms with Crippen LogP contribution in [-0.4, -0.2) is 23.7 Å². The van der Waals surface area contributed by atoms with Crippen molar-refractivity contribution in [3.63, 3.8) is 0 Å². The monoisotopic (exact) mass is 354 g/mol. The number of anilines is 1. The van der Waals surface area contributed by atoms with E-state index in [-0.39, 0.29) is 11.8 Å². The molecule has 2 amide bonds. The van der Waals surface area contributed by atoms with Crippen LogP contribution in [0.15, 0.2) is 64.8 Å². The Hall–Kier alpha value is -2.99. The van der Waals surface area contributed by atoms with E-state index in [1.54, 1.807) is 43.3 Å². The Labute approximate surface area is 149 Å². The molecule has 0 radical (unpaired) electrons.